The van der Waals surface area contributed by atoms with E-state index in [1.807, 2.05) is 25.1 Å². The minimum atomic E-state index is -1.17. The molecule has 200 valence electrons. The van der Waals surface area contributed by atoms with Gasteiger partial charge in [-0.05, 0) is 79.4 Å². The average Bonchev–Trinajstić information content (AvgIpc) is 2.93. The molecule has 0 saturated heterocycles. The van der Waals surface area contributed by atoms with Crippen LogP contribution in [-0.4, -0.2) is 22.8 Å². The zero-order chi connectivity index (χ0) is 27.5. The van der Waals surface area contributed by atoms with Crippen molar-refractivity contribution in [3.63, 3.8) is 0 Å². The summed E-state index contributed by atoms with van der Waals surface area (Å²) in [5.74, 6) is -1.96. The molecule has 4 aromatic rings. The van der Waals surface area contributed by atoms with E-state index >= 15 is 0 Å². The average molecular weight is 548 g/mol. The monoisotopic (exact) mass is 547 g/mol. The molecule has 0 bridgehead atoms. The van der Waals surface area contributed by atoms with Gasteiger partial charge in [0.25, 0.3) is 5.91 Å². The van der Waals surface area contributed by atoms with Gasteiger partial charge < -0.3 is 5.32 Å². The number of carbonyl (C=O) groups is 2. The van der Waals surface area contributed by atoms with Gasteiger partial charge in [0.05, 0.1) is 11.1 Å². The number of hydrogen-bond acceptors (Lipinski definition) is 3. The van der Waals surface area contributed by atoms with Crippen molar-refractivity contribution in [1.82, 2.24) is 10.3 Å². The molecule has 5 rings (SSSR count). The van der Waals surface area contributed by atoms with Crippen LogP contribution in [0.1, 0.15) is 59.6 Å². The van der Waals surface area contributed by atoms with Gasteiger partial charge in [0.1, 0.15) is 22.8 Å². The Hall–Kier alpha value is -3.84. The predicted octanol–water partition coefficient (Wildman–Crippen LogP) is 7.31. The Morgan fingerprint density at radius 1 is 0.923 bits per heavy atom. The lowest BCUT2D eigenvalue weighted by Gasteiger charge is -2.33. The van der Waals surface area contributed by atoms with Crippen molar-refractivity contribution >= 4 is 40.0 Å². The van der Waals surface area contributed by atoms with E-state index in [1.54, 1.807) is 6.07 Å². The maximum atomic E-state index is 14.3. The van der Waals surface area contributed by atoms with E-state index in [1.165, 1.54) is 53.4 Å². The summed E-state index contributed by atoms with van der Waals surface area (Å²) < 4.78 is 27.8. The maximum Gasteiger partial charge on any atom is 0.262 e. The number of nitrogens with zero attached hydrogens (tertiary/aromatic N) is 2. The number of fused-ring (bicyclic) bond motifs is 1. The summed E-state index contributed by atoms with van der Waals surface area (Å²) in [6.45, 7) is 1.93. The van der Waals surface area contributed by atoms with Gasteiger partial charge in [-0.25, -0.2) is 13.8 Å². The molecule has 0 spiro atoms. The van der Waals surface area contributed by atoms with Crippen molar-refractivity contribution in [2.24, 2.45) is 0 Å². The van der Waals surface area contributed by atoms with E-state index in [2.05, 4.69) is 10.3 Å². The first kappa shape index (κ1) is 26.8. The molecule has 1 heterocycles. The maximum absolute atomic E-state index is 14.3. The number of hydrogen-bond donors (Lipinski definition) is 1. The smallest absolute Gasteiger partial charge is 0.262 e. The minimum absolute atomic E-state index is 0.0178. The Bertz CT molecular complexity index is 1500. The summed E-state index contributed by atoms with van der Waals surface area (Å²) in [4.78, 5) is 33.9. The molecule has 1 aromatic heterocycles. The number of nitrogens with one attached hydrogen (secondary N) is 1. The Morgan fingerprint density at radius 2 is 1.56 bits per heavy atom. The van der Waals surface area contributed by atoms with E-state index in [0.29, 0.717) is 16.5 Å². The fraction of sp³-hybridized carbons (Fsp3) is 0.258. The first-order valence-electron chi connectivity index (χ1n) is 13.0. The molecule has 5 nitrogen and oxygen atoms in total. The number of aromatic nitrogens is 1. The molecule has 39 heavy (non-hydrogen) atoms. The van der Waals surface area contributed by atoms with Crippen molar-refractivity contribution in [1.29, 1.82) is 0 Å². The van der Waals surface area contributed by atoms with Crippen LogP contribution in [0.2, 0.25) is 5.15 Å². The first-order valence-corrected chi connectivity index (χ1v) is 13.4. The first-order chi connectivity index (χ1) is 18.8. The summed E-state index contributed by atoms with van der Waals surface area (Å²) in [6, 6.07) is 16.8. The highest BCUT2D eigenvalue weighted by molar-refractivity contribution is 6.34. The van der Waals surface area contributed by atoms with Gasteiger partial charge in [0, 0.05) is 17.1 Å². The van der Waals surface area contributed by atoms with Gasteiger partial charge >= 0.3 is 0 Å². The van der Waals surface area contributed by atoms with Gasteiger partial charge in [-0.15, -0.1) is 0 Å². The SMILES string of the molecule is Cc1ccc2cc(C(=O)N(c3ccc(F)cc3)[C@H](C(=O)NC3CCCCC3)c3ccc(F)cc3)c(Cl)nc2c1. The van der Waals surface area contributed by atoms with Gasteiger partial charge in [-0.1, -0.05) is 55.1 Å². The van der Waals surface area contributed by atoms with Gasteiger partial charge in [-0.2, -0.15) is 0 Å². The molecule has 1 saturated carbocycles. The lowest BCUT2D eigenvalue weighted by atomic mass is 9.94. The van der Waals surface area contributed by atoms with Crippen LogP contribution in [0.3, 0.4) is 0 Å². The predicted molar refractivity (Wildman–Crippen MR) is 149 cm³/mol. The summed E-state index contributed by atoms with van der Waals surface area (Å²) >= 11 is 6.55. The third-order valence-electron chi connectivity index (χ3n) is 7.12. The number of amides is 2. The second kappa shape index (κ2) is 11.5. The lowest BCUT2D eigenvalue weighted by Crippen LogP contribution is -2.47. The van der Waals surface area contributed by atoms with Crippen LogP contribution in [0.25, 0.3) is 10.9 Å². The molecule has 3 aromatic carbocycles. The fourth-order valence-corrected chi connectivity index (χ4v) is 5.33. The summed E-state index contributed by atoms with van der Waals surface area (Å²) in [7, 11) is 0. The van der Waals surface area contributed by atoms with Crippen LogP contribution in [0.15, 0.2) is 72.8 Å². The molecule has 1 N–H and O–H groups in total. The molecule has 2 amide bonds. The van der Waals surface area contributed by atoms with Crippen LogP contribution >= 0.6 is 11.6 Å². The van der Waals surface area contributed by atoms with Crippen LogP contribution in [0.5, 0.6) is 0 Å². The highest BCUT2D eigenvalue weighted by atomic mass is 35.5. The second-order valence-corrected chi connectivity index (χ2v) is 10.3. The van der Waals surface area contributed by atoms with Crippen molar-refractivity contribution in [3.8, 4) is 0 Å². The van der Waals surface area contributed by atoms with Crippen LogP contribution < -0.4 is 10.2 Å². The zero-order valence-electron chi connectivity index (χ0n) is 21.5. The molecule has 0 unspecified atom stereocenters. The van der Waals surface area contributed by atoms with Crippen molar-refractivity contribution in [2.45, 2.75) is 51.1 Å². The number of aryl methyl sites for hydroxylation is 1. The summed E-state index contributed by atoms with van der Waals surface area (Å²) in [6.07, 6.45) is 4.80. The van der Waals surface area contributed by atoms with Crippen LogP contribution in [0.4, 0.5) is 14.5 Å². The minimum Gasteiger partial charge on any atom is -0.351 e. The highest BCUT2D eigenvalue weighted by Crippen LogP contribution is 2.33. The highest BCUT2D eigenvalue weighted by Gasteiger charge is 2.35. The molecule has 0 radical (unpaired) electrons. The molecule has 1 aliphatic carbocycles. The van der Waals surface area contributed by atoms with Crippen LogP contribution in [-0.2, 0) is 4.79 Å². The molecule has 8 heteroatoms. The largest absolute Gasteiger partial charge is 0.351 e. The Morgan fingerprint density at radius 3 is 2.23 bits per heavy atom. The molecule has 1 fully saturated rings. The van der Waals surface area contributed by atoms with E-state index < -0.39 is 29.5 Å². The van der Waals surface area contributed by atoms with E-state index in [0.717, 1.165) is 37.7 Å². The number of carbonyl (C=O) groups excluding carboxylic acids is 2. The normalized spacial score (nSPS) is 14.7. The summed E-state index contributed by atoms with van der Waals surface area (Å²) in [5, 5.41) is 3.79. The van der Waals surface area contributed by atoms with Crippen molar-refractivity contribution < 1.29 is 18.4 Å². The third kappa shape index (κ3) is 5.93. The Labute approximate surface area is 230 Å². The van der Waals surface area contributed by atoms with Gasteiger partial charge in [0.15, 0.2) is 0 Å². The van der Waals surface area contributed by atoms with E-state index in [4.69, 9.17) is 11.6 Å². The number of halogens is 3. The molecular weight excluding hydrogens is 520 g/mol. The van der Waals surface area contributed by atoms with Gasteiger partial charge in [0.2, 0.25) is 5.91 Å². The molecule has 1 aliphatic rings. The van der Waals surface area contributed by atoms with Crippen LogP contribution in [0, 0.1) is 18.6 Å². The standard InChI is InChI=1S/C31H28ClF2N3O2/c1-19-7-8-21-18-26(29(32)36-27(21)17-19)31(39)37(25-15-13-23(34)14-16-25)28(20-9-11-22(33)12-10-20)30(38)35-24-5-3-2-4-6-24/h7-18,24,28H,2-6H2,1H3,(H,35,38)/t28-/m0/s1. The second-order valence-electron chi connectivity index (χ2n) is 9.97. The quantitative estimate of drug-likeness (QED) is 0.257. The number of anilines is 1. The molecule has 1 atom stereocenters. The Kier molecular flexibility index (Phi) is 7.89. The molecule has 0 aliphatic heterocycles. The van der Waals surface area contributed by atoms with E-state index in [9.17, 15) is 18.4 Å². The molecular formula is C31H28ClF2N3O2. The number of rotatable bonds is 6. The van der Waals surface area contributed by atoms with E-state index in [-0.39, 0.29) is 22.4 Å². The third-order valence-corrected chi connectivity index (χ3v) is 7.41. The number of benzene rings is 3. The summed E-state index contributed by atoms with van der Waals surface area (Å²) in [5.41, 5.74) is 2.41. The van der Waals surface area contributed by atoms with Crippen molar-refractivity contribution in [3.05, 3.63) is 106 Å². The zero-order valence-corrected chi connectivity index (χ0v) is 22.2. The fourth-order valence-electron chi connectivity index (χ4n) is 5.11. The topological polar surface area (TPSA) is 62.3 Å². The lowest BCUT2D eigenvalue weighted by molar-refractivity contribution is -0.123. The van der Waals surface area contributed by atoms with Gasteiger partial charge in [-0.3, -0.25) is 14.5 Å². The Balaban J connectivity index is 1.64. The van der Waals surface area contributed by atoms with Crippen molar-refractivity contribution in [2.75, 3.05) is 4.90 Å². The number of pyridine rings is 1.